The monoisotopic (exact) mass is 635 g/mol. The third-order valence-corrected chi connectivity index (χ3v) is 10.5. The van der Waals surface area contributed by atoms with Crippen molar-refractivity contribution in [1.82, 2.24) is 4.57 Å². The SMILES string of the molecule is Cc1ccccc1N(c1ccc(N2c3ccccc3Sc3ccccc32)cc1)c1cc2c(cc1C)c1ccccc1n2-c1ccccc1. The molecular formula is C44H33N3S. The van der Waals surface area contributed by atoms with Crippen LogP contribution in [-0.2, 0) is 0 Å². The number of hydrogen-bond donors (Lipinski definition) is 0. The molecule has 0 aliphatic carbocycles. The second-order valence-electron chi connectivity index (χ2n) is 12.4. The van der Waals surface area contributed by atoms with Gasteiger partial charge in [0, 0.05) is 43.3 Å². The van der Waals surface area contributed by atoms with E-state index in [4.69, 9.17) is 0 Å². The number of aromatic nitrogens is 1. The van der Waals surface area contributed by atoms with Gasteiger partial charge in [0.25, 0.3) is 0 Å². The molecule has 0 spiro atoms. The molecular weight excluding hydrogens is 603 g/mol. The molecule has 2 heterocycles. The predicted molar refractivity (Wildman–Crippen MR) is 204 cm³/mol. The molecule has 0 unspecified atom stereocenters. The molecule has 0 radical (unpaired) electrons. The van der Waals surface area contributed by atoms with Crippen LogP contribution in [0.2, 0.25) is 0 Å². The maximum atomic E-state index is 2.43. The average molecular weight is 636 g/mol. The van der Waals surface area contributed by atoms with E-state index in [1.54, 1.807) is 0 Å². The summed E-state index contributed by atoms with van der Waals surface area (Å²) in [5, 5.41) is 2.52. The number of rotatable bonds is 5. The molecule has 9 rings (SSSR count). The van der Waals surface area contributed by atoms with Crippen LogP contribution in [-0.4, -0.2) is 4.57 Å². The van der Waals surface area contributed by atoms with Crippen LogP contribution < -0.4 is 9.80 Å². The third-order valence-electron chi connectivity index (χ3n) is 9.40. The summed E-state index contributed by atoms with van der Waals surface area (Å²) in [4.78, 5) is 7.34. The van der Waals surface area contributed by atoms with E-state index in [9.17, 15) is 0 Å². The lowest BCUT2D eigenvalue weighted by molar-refractivity contribution is 1.16. The Kier molecular flexibility index (Phi) is 6.84. The van der Waals surface area contributed by atoms with Gasteiger partial charge in [0.15, 0.2) is 0 Å². The number of para-hydroxylation sites is 5. The molecule has 230 valence electrons. The lowest BCUT2D eigenvalue weighted by atomic mass is 10.0. The van der Waals surface area contributed by atoms with Crippen LogP contribution in [0.5, 0.6) is 0 Å². The van der Waals surface area contributed by atoms with Gasteiger partial charge in [-0.25, -0.2) is 0 Å². The normalized spacial score (nSPS) is 12.2. The van der Waals surface area contributed by atoms with Crippen LogP contribution in [0.3, 0.4) is 0 Å². The fraction of sp³-hybridized carbons (Fsp3) is 0.0455. The molecule has 0 fully saturated rings. The Morgan fingerprint density at radius 1 is 0.458 bits per heavy atom. The van der Waals surface area contributed by atoms with Gasteiger partial charge in [-0.3, -0.25) is 0 Å². The van der Waals surface area contributed by atoms with Gasteiger partial charge >= 0.3 is 0 Å². The summed E-state index contributed by atoms with van der Waals surface area (Å²) < 4.78 is 2.40. The molecule has 0 atom stereocenters. The third kappa shape index (κ3) is 4.60. The Balaban J connectivity index is 1.23. The first-order valence-electron chi connectivity index (χ1n) is 16.4. The maximum Gasteiger partial charge on any atom is 0.0601 e. The molecule has 4 heteroatoms. The predicted octanol–water partition coefficient (Wildman–Crippen LogP) is 12.8. The van der Waals surface area contributed by atoms with E-state index in [1.165, 1.54) is 59.8 Å². The fourth-order valence-electron chi connectivity index (χ4n) is 7.16. The lowest BCUT2D eigenvalue weighted by Crippen LogP contribution is -2.16. The van der Waals surface area contributed by atoms with Gasteiger partial charge in [0.1, 0.15) is 0 Å². The Morgan fingerprint density at radius 2 is 1.08 bits per heavy atom. The lowest BCUT2D eigenvalue weighted by Gasteiger charge is -2.33. The van der Waals surface area contributed by atoms with Crippen molar-refractivity contribution in [1.29, 1.82) is 0 Å². The quantitative estimate of drug-likeness (QED) is 0.187. The molecule has 7 aromatic carbocycles. The molecule has 0 saturated heterocycles. The molecule has 1 aliphatic heterocycles. The van der Waals surface area contributed by atoms with Crippen molar-refractivity contribution >= 4 is 67.7 Å². The van der Waals surface area contributed by atoms with Crippen LogP contribution in [0.15, 0.2) is 174 Å². The van der Waals surface area contributed by atoms with Gasteiger partial charge in [0.05, 0.1) is 28.1 Å². The van der Waals surface area contributed by atoms with Gasteiger partial charge in [-0.05, 0) is 110 Å². The van der Waals surface area contributed by atoms with E-state index in [1.807, 2.05) is 11.8 Å². The zero-order chi connectivity index (χ0) is 32.2. The summed E-state index contributed by atoms with van der Waals surface area (Å²) in [5.41, 5.74) is 13.0. The van der Waals surface area contributed by atoms with E-state index in [0.29, 0.717) is 0 Å². The fourth-order valence-corrected chi connectivity index (χ4v) is 8.22. The zero-order valence-corrected chi connectivity index (χ0v) is 27.7. The van der Waals surface area contributed by atoms with Gasteiger partial charge in [-0.15, -0.1) is 0 Å². The number of hydrogen-bond acceptors (Lipinski definition) is 3. The van der Waals surface area contributed by atoms with Gasteiger partial charge in [0.2, 0.25) is 0 Å². The molecule has 0 N–H and O–H groups in total. The minimum atomic E-state index is 1.12. The Morgan fingerprint density at radius 3 is 1.81 bits per heavy atom. The molecule has 0 bridgehead atoms. The molecule has 0 saturated carbocycles. The summed E-state index contributed by atoms with van der Waals surface area (Å²) in [6, 6.07) is 59.3. The van der Waals surface area contributed by atoms with Crippen molar-refractivity contribution in [2.45, 2.75) is 23.6 Å². The van der Waals surface area contributed by atoms with Crippen LogP contribution in [0, 0.1) is 13.8 Å². The van der Waals surface area contributed by atoms with Crippen molar-refractivity contribution < 1.29 is 0 Å². The first-order chi connectivity index (χ1) is 23.7. The number of nitrogens with zero attached hydrogens (tertiary/aromatic N) is 3. The Labute approximate surface area is 285 Å². The smallest absolute Gasteiger partial charge is 0.0601 e. The Bertz CT molecular complexity index is 2420. The molecule has 8 aromatic rings. The number of anilines is 6. The summed E-state index contributed by atoms with van der Waals surface area (Å²) in [6.45, 7) is 4.44. The number of aryl methyl sites for hydroxylation is 2. The van der Waals surface area contributed by atoms with Crippen molar-refractivity contribution in [2.75, 3.05) is 9.80 Å². The van der Waals surface area contributed by atoms with Crippen LogP contribution in [0.1, 0.15) is 11.1 Å². The first kappa shape index (κ1) is 28.5. The van der Waals surface area contributed by atoms with Crippen LogP contribution >= 0.6 is 11.8 Å². The van der Waals surface area contributed by atoms with E-state index >= 15 is 0 Å². The van der Waals surface area contributed by atoms with Crippen molar-refractivity contribution in [3.05, 3.63) is 175 Å². The van der Waals surface area contributed by atoms with Crippen LogP contribution in [0.25, 0.3) is 27.5 Å². The first-order valence-corrected chi connectivity index (χ1v) is 17.2. The van der Waals surface area contributed by atoms with Gasteiger partial charge in [-0.2, -0.15) is 0 Å². The van der Waals surface area contributed by atoms with Crippen molar-refractivity contribution in [3.63, 3.8) is 0 Å². The number of benzene rings is 7. The van der Waals surface area contributed by atoms with Gasteiger partial charge < -0.3 is 14.4 Å². The number of fused-ring (bicyclic) bond motifs is 5. The maximum absolute atomic E-state index is 2.43. The van der Waals surface area contributed by atoms with Crippen molar-refractivity contribution in [2.24, 2.45) is 0 Å². The van der Waals surface area contributed by atoms with E-state index in [0.717, 1.165) is 22.7 Å². The van der Waals surface area contributed by atoms with Crippen LogP contribution in [0.4, 0.5) is 34.1 Å². The minimum absolute atomic E-state index is 1.12. The van der Waals surface area contributed by atoms with E-state index in [-0.39, 0.29) is 0 Å². The highest BCUT2D eigenvalue weighted by atomic mass is 32.2. The summed E-state index contributed by atoms with van der Waals surface area (Å²) in [6.07, 6.45) is 0. The largest absolute Gasteiger partial charge is 0.310 e. The highest BCUT2D eigenvalue weighted by molar-refractivity contribution is 7.99. The summed E-state index contributed by atoms with van der Waals surface area (Å²) in [7, 11) is 0. The molecule has 48 heavy (non-hydrogen) atoms. The average Bonchev–Trinajstić information content (AvgIpc) is 3.45. The standard InChI is InChI=1S/C44H33N3S/c1-30-14-6-8-18-37(30)45(33-24-26-34(27-25-33)47-39-20-10-12-22-43(39)48-44-23-13-11-21-40(44)47)41-29-42-36(28-31(41)2)35-17-7-9-19-38(35)46(42)32-15-4-3-5-16-32/h3-29H,1-2H3. The van der Waals surface area contributed by atoms with E-state index in [2.05, 4.69) is 192 Å². The zero-order valence-electron chi connectivity index (χ0n) is 26.8. The van der Waals surface area contributed by atoms with E-state index < -0.39 is 0 Å². The Hall–Kier alpha value is -5.71. The highest BCUT2D eigenvalue weighted by Gasteiger charge is 2.25. The molecule has 0 amide bonds. The topological polar surface area (TPSA) is 11.4 Å². The second-order valence-corrected chi connectivity index (χ2v) is 13.4. The van der Waals surface area contributed by atoms with Gasteiger partial charge in [-0.1, -0.05) is 90.6 Å². The molecule has 1 aliphatic rings. The summed E-state index contributed by atoms with van der Waals surface area (Å²) >= 11 is 1.84. The summed E-state index contributed by atoms with van der Waals surface area (Å²) in [5.74, 6) is 0. The highest BCUT2D eigenvalue weighted by Crippen LogP contribution is 2.51. The molecule has 1 aromatic heterocycles. The second kappa shape index (κ2) is 11.5. The van der Waals surface area contributed by atoms with Crippen molar-refractivity contribution in [3.8, 4) is 5.69 Å². The molecule has 3 nitrogen and oxygen atoms in total. The minimum Gasteiger partial charge on any atom is -0.310 e.